The molecule has 1 saturated heterocycles. The van der Waals surface area contributed by atoms with E-state index < -0.39 is 5.60 Å². The first-order chi connectivity index (χ1) is 14.9. The molecular formula is C22H21N5O4. The van der Waals surface area contributed by atoms with E-state index in [0.717, 1.165) is 12.0 Å². The molecule has 158 valence electrons. The van der Waals surface area contributed by atoms with Crippen LogP contribution >= 0.6 is 0 Å². The van der Waals surface area contributed by atoms with Gasteiger partial charge >= 0.3 is 0 Å². The standard InChI is InChI=1S/C22H21N5O4/c1-22(2)21(29)24-16-10-13(5-6-17(16)31-22)20(28)27-9-7-15(12-27)19-26-25-18(30-19)14-4-3-8-23-11-14/h3-6,8,10-11,15H,7,9,12H2,1-2H3,(H,24,29)/t15-/m0/s1. The van der Waals surface area contributed by atoms with Crippen LogP contribution in [0.1, 0.15) is 42.4 Å². The van der Waals surface area contributed by atoms with Crippen molar-refractivity contribution in [3.8, 4) is 17.2 Å². The second-order valence-electron chi connectivity index (χ2n) is 8.20. The third kappa shape index (κ3) is 3.52. The van der Waals surface area contributed by atoms with Crippen molar-refractivity contribution >= 4 is 17.5 Å². The van der Waals surface area contributed by atoms with Gasteiger partial charge in [0.2, 0.25) is 11.8 Å². The molecule has 2 aliphatic heterocycles. The summed E-state index contributed by atoms with van der Waals surface area (Å²) in [6.07, 6.45) is 4.08. The van der Waals surface area contributed by atoms with Gasteiger partial charge in [-0.3, -0.25) is 14.6 Å². The van der Waals surface area contributed by atoms with Crippen LogP contribution in [0.4, 0.5) is 5.69 Å². The number of nitrogens with one attached hydrogen (secondary N) is 1. The van der Waals surface area contributed by atoms with Gasteiger partial charge in [-0.05, 0) is 50.6 Å². The zero-order chi connectivity index (χ0) is 21.6. The third-order valence-corrected chi connectivity index (χ3v) is 5.56. The van der Waals surface area contributed by atoms with Gasteiger partial charge in [-0.2, -0.15) is 0 Å². The summed E-state index contributed by atoms with van der Waals surface area (Å²) in [6.45, 7) is 4.47. The van der Waals surface area contributed by atoms with Crippen molar-refractivity contribution in [1.82, 2.24) is 20.1 Å². The van der Waals surface area contributed by atoms with Crippen LogP contribution in [0.25, 0.3) is 11.5 Å². The number of benzene rings is 1. The summed E-state index contributed by atoms with van der Waals surface area (Å²) in [5.74, 6) is 1.10. The van der Waals surface area contributed by atoms with Crippen LogP contribution < -0.4 is 10.1 Å². The second-order valence-corrected chi connectivity index (χ2v) is 8.20. The number of carbonyl (C=O) groups excluding carboxylic acids is 2. The Balaban J connectivity index is 1.30. The highest BCUT2D eigenvalue weighted by Crippen LogP contribution is 2.35. The Morgan fingerprint density at radius 3 is 2.94 bits per heavy atom. The SMILES string of the molecule is CC1(C)Oc2ccc(C(=O)N3CC[C@H](c4nnc(-c5cccnc5)o4)C3)cc2NC1=O. The summed E-state index contributed by atoms with van der Waals surface area (Å²) in [7, 11) is 0. The Hall–Kier alpha value is -3.75. The molecule has 1 atom stereocenters. The van der Waals surface area contributed by atoms with Gasteiger partial charge < -0.3 is 19.4 Å². The molecule has 2 aliphatic rings. The molecule has 1 aromatic carbocycles. The van der Waals surface area contributed by atoms with E-state index >= 15 is 0 Å². The lowest BCUT2D eigenvalue weighted by Gasteiger charge is -2.31. The maximum Gasteiger partial charge on any atom is 0.268 e. The van der Waals surface area contributed by atoms with Gasteiger partial charge in [0.05, 0.1) is 17.2 Å². The molecule has 2 amide bonds. The summed E-state index contributed by atoms with van der Waals surface area (Å²) in [5, 5.41) is 11.1. The maximum atomic E-state index is 13.0. The Morgan fingerprint density at radius 2 is 2.13 bits per heavy atom. The van der Waals surface area contributed by atoms with Crippen molar-refractivity contribution < 1.29 is 18.7 Å². The van der Waals surface area contributed by atoms with E-state index in [2.05, 4.69) is 20.5 Å². The number of likely N-dealkylation sites (tertiary alicyclic amines) is 1. The Bertz CT molecular complexity index is 1160. The molecule has 0 radical (unpaired) electrons. The molecule has 3 aromatic rings. The van der Waals surface area contributed by atoms with Crippen molar-refractivity contribution in [3.05, 3.63) is 54.2 Å². The van der Waals surface area contributed by atoms with Gasteiger partial charge in [0.25, 0.3) is 11.8 Å². The zero-order valence-electron chi connectivity index (χ0n) is 17.2. The van der Waals surface area contributed by atoms with E-state index in [9.17, 15) is 9.59 Å². The minimum atomic E-state index is -0.945. The first kappa shape index (κ1) is 19.2. The molecule has 0 spiro atoms. The number of aromatic nitrogens is 3. The van der Waals surface area contributed by atoms with Gasteiger partial charge in [0, 0.05) is 31.0 Å². The molecule has 5 rings (SSSR count). The molecule has 0 bridgehead atoms. The number of pyridine rings is 1. The molecular weight excluding hydrogens is 398 g/mol. The van der Waals surface area contributed by atoms with Crippen LogP contribution in [0.3, 0.4) is 0 Å². The summed E-state index contributed by atoms with van der Waals surface area (Å²) in [6, 6.07) is 8.76. The fourth-order valence-electron chi connectivity index (χ4n) is 3.78. The van der Waals surface area contributed by atoms with E-state index in [4.69, 9.17) is 9.15 Å². The van der Waals surface area contributed by atoms with Gasteiger partial charge in [-0.1, -0.05) is 0 Å². The summed E-state index contributed by atoms with van der Waals surface area (Å²) < 4.78 is 11.6. The number of hydrogen-bond donors (Lipinski definition) is 1. The summed E-state index contributed by atoms with van der Waals surface area (Å²) in [5.41, 5.74) is 0.807. The molecule has 9 heteroatoms. The van der Waals surface area contributed by atoms with Crippen LogP contribution in [-0.4, -0.2) is 50.6 Å². The van der Waals surface area contributed by atoms with Crippen LogP contribution in [0.2, 0.25) is 0 Å². The predicted molar refractivity (Wildman–Crippen MR) is 111 cm³/mol. The molecule has 4 heterocycles. The number of fused-ring (bicyclic) bond motifs is 1. The van der Waals surface area contributed by atoms with Gasteiger partial charge in [-0.25, -0.2) is 0 Å². The molecule has 0 unspecified atom stereocenters. The van der Waals surface area contributed by atoms with Crippen LogP contribution in [0.5, 0.6) is 5.75 Å². The average Bonchev–Trinajstić information content (AvgIpc) is 3.44. The Morgan fingerprint density at radius 1 is 1.26 bits per heavy atom. The molecule has 9 nitrogen and oxygen atoms in total. The average molecular weight is 419 g/mol. The quantitative estimate of drug-likeness (QED) is 0.695. The minimum absolute atomic E-state index is 0.0247. The van der Waals surface area contributed by atoms with Gasteiger partial charge in [-0.15, -0.1) is 10.2 Å². The lowest BCUT2D eigenvalue weighted by molar-refractivity contribution is -0.129. The Kier molecular flexibility index (Phi) is 4.46. The normalized spacial score (nSPS) is 19.5. The molecule has 31 heavy (non-hydrogen) atoms. The molecule has 1 N–H and O–H groups in total. The number of nitrogens with zero attached hydrogens (tertiary/aromatic N) is 4. The minimum Gasteiger partial charge on any atom is -0.476 e. The number of hydrogen-bond acceptors (Lipinski definition) is 7. The lowest BCUT2D eigenvalue weighted by atomic mass is 10.0. The van der Waals surface area contributed by atoms with E-state index in [0.29, 0.717) is 41.9 Å². The van der Waals surface area contributed by atoms with Crippen molar-refractivity contribution in [2.24, 2.45) is 0 Å². The highest BCUT2D eigenvalue weighted by Gasteiger charge is 2.36. The summed E-state index contributed by atoms with van der Waals surface area (Å²) in [4.78, 5) is 31.0. The predicted octanol–water partition coefficient (Wildman–Crippen LogP) is 2.87. The van der Waals surface area contributed by atoms with Gasteiger partial charge in [0.15, 0.2) is 5.60 Å². The van der Waals surface area contributed by atoms with Crippen LogP contribution in [0, 0.1) is 0 Å². The molecule has 0 saturated carbocycles. The highest BCUT2D eigenvalue weighted by atomic mass is 16.5. The van der Waals surface area contributed by atoms with Crippen molar-refractivity contribution in [2.45, 2.75) is 31.8 Å². The lowest BCUT2D eigenvalue weighted by Crippen LogP contribution is -2.45. The first-order valence-electron chi connectivity index (χ1n) is 10.1. The largest absolute Gasteiger partial charge is 0.476 e. The molecule has 0 aliphatic carbocycles. The molecule has 2 aromatic heterocycles. The first-order valence-corrected chi connectivity index (χ1v) is 10.1. The van der Waals surface area contributed by atoms with Crippen LogP contribution in [-0.2, 0) is 4.79 Å². The monoisotopic (exact) mass is 419 g/mol. The highest BCUT2D eigenvalue weighted by molar-refractivity contribution is 6.02. The summed E-state index contributed by atoms with van der Waals surface area (Å²) >= 11 is 0. The van der Waals surface area contributed by atoms with Crippen LogP contribution in [0.15, 0.2) is 47.1 Å². The Labute approximate surface area is 178 Å². The number of carbonyl (C=O) groups is 2. The topological polar surface area (TPSA) is 110 Å². The number of anilines is 1. The number of amides is 2. The van der Waals surface area contributed by atoms with Gasteiger partial charge in [0.1, 0.15) is 5.75 Å². The second kappa shape index (κ2) is 7.19. The number of ether oxygens (including phenoxy) is 1. The molecule has 1 fully saturated rings. The fraction of sp³-hybridized carbons (Fsp3) is 0.318. The van der Waals surface area contributed by atoms with E-state index in [1.165, 1.54) is 0 Å². The van der Waals surface area contributed by atoms with E-state index in [1.807, 2.05) is 12.1 Å². The third-order valence-electron chi connectivity index (χ3n) is 5.56. The fourth-order valence-corrected chi connectivity index (χ4v) is 3.78. The maximum absolute atomic E-state index is 13.0. The number of rotatable bonds is 3. The smallest absolute Gasteiger partial charge is 0.268 e. The van der Waals surface area contributed by atoms with Crippen molar-refractivity contribution in [3.63, 3.8) is 0 Å². The van der Waals surface area contributed by atoms with Crippen molar-refractivity contribution in [2.75, 3.05) is 18.4 Å². The van der Waals surface area contributed by atoms with E-state index in [1.54, 1.807) is 49.3 Å². The van der Waals surface area contributed by atoms with Crippen molar-refractivity contribution in [1.29, 1.82) is 0 Å². The van der Waals surface area contributed by atoms with E-state index in [-0.39, 0.29) is 17.7 Å². The zero-order valence-corrected chi connectivity index (χ0v) is 17.2.